The highest BCUT2D eigenvalue weighted by Gasteiger charge is 2.35. The molecule has 2 aromatic carbocycles. The van der Waals surface area contributed by atoms with E-state index in [2.05, 4.69) is 5.32 Å². The van der Waals surface area contributed by atoms with Crippen LogP contribution in [0.5, 0.6) is 0 Å². The number of hydrogen-bond donors (Lipinski definition) is 3. The standard InChI is InChI=1S/C20H23N3O6S/c1-23(30(26)27,29-19(24)12-21)11-10-22-20(25)28-13-18-16-8-4-2-6-14(16)15-7-3-5-9-17(15)18/h2-9,18H,10-13,21H2,1H3,(H-,22,25,26,27)/p+1. The number of amides is 1. The summed E-state index contributed by atoms with van der Waals surface area (Å²) in [6.07, 6.45) is -0.669. The number of benzene rings is 2. The van der Waals surface area contributed by atoms with Crippen molar-refractivity contribution in [2.45, 2.75) is 5.92 Å². The topological polar surface area (TPSA) is 128 Å². The van der Waals surface area contributed by atoms with Crippen LogP contribution in [0, 0.1) is 0 Å². The molecule has 0 saturated heterocycles. The molecule has 0 radical (unpaired) electrons. The minimum atomic E-state index is -2.51. The molecule has 10 heteroatoms. The van der Waals surface area contributed by atoms with Crippen LogP contribution in [0.4, 0.5) is 4.79 Å². The van der Waals surface area contributed by atoms with Gasteiger partial charge < -0.3 is 15.8 Å². The number of fused-ring (bicyclic) bond motifs is 3. The Labute approximate surface area is 176 Å². The van der Waals surface area contributed by atoms with E-state index in [1.165, 1.54) is 7.05 Å². The lowest BCUT2D eigenvalue weighted by Crippen LogP contribution is -2.51. The van der Waals surface area contributed by atoms with Crippen molar-refractivity contribution in [2.75, 3.05) is 33.3 Å². The second-order valence-electron chi connectivity index (χ2n) is 6.89. The fourth-order valence-corrected chi connectivity index (χ4v) is 3.81. The quantitative estimate of drug-likeness (QED) is 0.326. The van der Waals surface area contributed by atoms with Gasteiger partial charge in [0.15, 0.2) is 6.54 Å². The second-order valence-corrected chi connectivity index (χ2v) is 8.12. The number of ether oxygens (including phenoxy) is 1. The maximum absolute atomic E-state index is 12.2. The fraction of sp³-hybridized carbons (Fsp3) is 0.300. The van der Waals surface area contributed by atoms with E-state index >= 15 is 0 Å². The number of carbonyl (C=O) groups is 2. The average molecular weight is 434 g/mol. The van der Waals surface area contributed by atoms with Crippen molar-refractivity contribution < 1.29 is 32.0 Å². The third kappa shape index (κ3) is 4.68. The number of quaternary nitrogens is 1. The number of hydroxylamine groups is 2. The molecule has 3 rings (SSSR count). The van der Waals surface area contributed by atoms with Crippen molar-refractivity contribution in [2.24, 2.45) is 5.73 Å². The molecular formula is C20H24N3O6S+. The van der Waals surface area contributed by atoms with E-state index in [4.69, 9.17) is 15.3 Å². The van der Waals surface area contributed by atoms with E-state index in [0.29, 0.717) is 0 Å². The van der Waals surface area contributed by atoms with Crippen LogP contribution >= 0.6 is 0 Å². The van der Waals surface area contributed by atoms with Gasteiger partial charge in [0.25, 0.3) is 0 Å². The number of nitrogens with one attached hydrogen (secondary N) is 1. The Bertz CT molecular complexity index is 924. The number of hydrogen-bond acceptors (Lipinski definition) is 6. The summed E-state index contributed by atoms with van der Waals surface area (Å²) in [7, 11) is 1.24. The van der Waals surface area contributed by atoms with Gasteiger partial charge in [0.2, 0.25) is 0 Å². The molecule has 0 saturated carbocycles. The van der Waals surface area contributed by atoms with E-state index < -0.39 is 33.9 Å². The molecular weight excluding hydrogens is 410 g/mol. The van der Waals surface area contributed by atoms with Crippen LogP contribution < -0.4 is 11.1 Å². The van der Waals surface area contributed by atoms with Crippen molar-refractivity contribution in [3.8, 4) is 11.1 Å². The summed E-state index contributed by atoms with van der Waals surface area (Å²) in [5.41, 5.74) is 9.62. The number of nitrogens with zero attached hydrogens (tertiary/aromatic N) is 1. The first-order valence-corrected chi connectivity index (χ1v) is 10.4. The molecule has 4 N–H and O–H groups in total. The Hall–Kier alpha value is -2.79. The number of rotatable bonds is 8. The second kappa shape index (κ2) is 9.35. The number of carbonyl (C=O) groups excluding carboxylic acids is 2. The lowest BCUT2D eigenvalue weighted by molar-refractivity contribution is -0.970. The highest BCUT2D eigenvalue weighted by molar-refractivity contribution is 7.73. The third-order valence-electron chi connectivity index (χ3n) is 4.92. The van der Waals surface area contributed by atoms with E-state index in [9.17, 15) is 18.4 Å². The summed E-state index contributed by atoms with van der Waals surface area (Å²) >= 11 is -2.51. The van der Waals surface area contributed by atoms with Gasteiger partial charge >= 0.3 is 23.3 Å². The molecule has 9 nitrogen and oxygen atoms in total. The molecule has 0 spiro atoms. The van der Waals surface area contributed by atoms with E-state index in [-0.39, 0.29) is 25.6 Å². The van der Waals surface area contributed by atoms with Crippen LogP contribution in [-0.4, -0.2) is 58.2 Å². The maximum Gasteiger partial charge on any atom is 0.407 e. The fourth-order valence-electron chi connectivity index (χ4n) is 3.42. The molecule has 0 bridgehead atoms. The predicted octanol–water partition coefficient (Wildman–Crippen LogP) is 1.53. The molecule has 0 fully saturated rings. The Balaban J connectivity index is 1.56. The normalized spacial score (nSPS) is 15.4. The van der Waals surface area contributed by atoms with E-state index in [1.807, 2.05) is 48.5 Å². The van der Waals surface area contributed by atoms with Crippen molar-refractivity contribution in [3.63, 3.8) is 0 Å². The highest BCUT2D eigenvalue weighted by atomic mass is 32.2. The molecule has 2 atom stereocenters. The predicted molar refractivity (Wildman–Crippen MR) is 110 cm³/mol. The van der Waals surface area contributed by atoms with Crippen LogP contribution in [0.25, 0.3) is 11.1 Å². The van der Waals surface area contributed by atoms with Gasteiger partial charge in [-0.25, -0.2) is 9.59 Å². The third-order valence-corrected chi connectivity index (χ3v) is 5.84. The summed E-state index contributed by atoms with van der Waals surface area (Å²) in [5.74, 6) is -0.902. The van der Waals surface area contributed by atoms with Gasteiger partial charge in [0.1, 0.15) is 13.7 Å². The summed E-state index contributed by atoms with van der Waals surface area (Å²) < 4.78 is 25.3. The minimum Gasteiger partial charge on any atom is -0.449 e. The van der Waals surface area contributed by atoms with Gasteiger partial charge in [0, 0.05) is 5.92 Å². The first-order valence-electron chi connectivity index (χ1n) is 9.34. The summed E-state index contributed by atoms with van der Waals surface area (Å²) in [6.45, 7) is -0.457. The monoisotopic (exact) mass is 434 g/mol. The SMILES string of the molecule is C[N+](CCNC(=O)OCC1c2ccccc2-c2ccccc21)(OC(=O)CN)S(=O)O. The molecule has 160 valence electrons. The molecule has 1 aliphatic carbocycles. The van der Waals surface area contributed by atoms with Gasteiger partial charge in [-0.1, -0.05) is 48.5 Å². The molecule has 0 aliphatic heterocycles. The number of alkyl carbamates (subject to hydrolysis) is 1. The first kappa shape index (κ1) is 21.9. The molecule has 0 heterocycles. The molecule has 0 aromatic heterocycles. The van der Waals surface area contributed by atoms with Gasteiger partial charge in [-0.2, -0.15) is 4.21 Å². The number of likely N-dealkylation sites (N-methyl/N-ethyl adjacent to an activating group) is 1. The Morgan fingerprint density at radius 3 is 2.23 bits per heavy atom. The van der Waals surface area contributed by atoms with Gasteiger partial charge in [-0.3, -0.25) is 9.39 Å². The molecule has 1 amide bonds. The van der Waals surface area contributed by atoms with Crippen molar-refractivity contribution in [1.82, 2.24) is 5.32 Å². The van der Waals surface area contributed by atoms with Crippen LogP contribution in [0.1, 0.15) is 17.0 Å². The minimum absolute atomic E-state index is 0.0443. The Kier molecular flexibility index (Phi) is 6.83. The van der Waals surface area contributed by atoms with E-state index in [1.54, 1.807) is 0 Å². The summed E-state index contributed by atoms with van der Waals surface area (Å²) in [4.78, 5) is 28.4. The van der Waals surface area contributed by atoms with Crippen molar-refractivity contribution >= 4 is 23.3 Å². The first-order chi connectivity index (χ1) is 14.4. The Morgan fingerprint density at radius 1 is 1.13 bits per heavy atom. The number of nitrogens with two attached hydrogens (primary N) is 1. The highest BCUT2D eigenvalue weighted by Crippen LogP contribution is 2.44. The van der Waals surface area contributed by atoms with Crippen molar-refractivity contribution in [1.29, 1.82) is 0 Å². The lowest BCUT2D eigenvalue weighted by atomic mass is 9.98. The smallest absolute Gasteiger partial charge is 0.407 e. The average Bonchev–Trinajstić information content (AvgIpc) is 3.06. The molecule has 30 heavy (non-hydrogen) atoms. The lowest BCUT2D eigenvalue weighted by Gasteiger charge is -2.24. The largest absolute Gasteiger partial charge is 0.449 e. The maximum atomic E-state index is 12.2. The molecule has 1 aliphatic rings. The summed E-state index contributed by atoms with van der Waals surface area (Å²) in [6, 6.07) is 16.0. The van der Waals surface area contributed by atoms with Gasteiger partial charge in [0.05, 0.1) is 13.1 Å². The summed E-state index contributed by atoms with van der Waals surface area (Å²) in [5, 5.41) is 2.51. The zero-order chi connectivity index (χ0) is 21.7. The molecule has 2 aromatic rings. The van der Waals surface area contributed by atoms with Gasteiger partial charge in [-0.05, 0) is 26.3 Å². The van der Waals surface area contributed by atoms with Crippen LogP contribution in [0.2, 0.25) is 0 Å². The van der Waals surface area contributed by atoms with Gasteiger partial charge in [-0.15, -0.1) is 0 Å². The van der Waals surface area contributed by atoms with Crippen LogP contribution in [0.3, 0.4) is 0 Å². The van der Waals surface area contributed by atoms with Crippen LogP contribution in [0.15, 0.2) is 48.5 Å². The zero-order valence-electron chi connectivity index (χ0n) is 16.4. The zero-order valence-corrected chi connectivity index (χ0v) is 17.3. The molecule has 2 unspecified atom stereocenters. The van der Waals surface area contributed by atoms with Crippen LogP contribution in [-0.2, 0) is 25.6 Å². The van der Waals surface area contributed by atoms with E-state index in [0.717, 1.165) is 22.3 Å². The Morgan fingerprint density at radius 2 is 1.70 bits per heavy atom. The van der Waals surface area contributed by atoms with Crippen molar-refractivity contribution in [3.05, 3.63) is 59.7 Å².